The van der Waals surface area contributed by atoms with Crippen molar-refractivity contribution in [1.82, 2.24) is 4.90 Å². The fourth-order valence-corrected chi connectivity index (χ4v) is 3.94. The third kappa shape index (κ3) is 4.24. The molecule has 144 valence electrons. The number of nitrogens with zero attached hydrogens (tertiary/aromatic N) is 1. The first-order valence-electron chi connectivity index (χ1n) is 9.40. The first kappa shape index (κ1) is 20.8. The summed E-state index contributed by atoms with van der Waals surface area (Å²) in [7, 11) is 0. The van der Waals surface area contributed by atoms with E-state index in [-0.39, 0.29) is 24.4 Å². The predicted octanol–water partition coefficient (Wildman–Crippen LogP) is 4.41. The first-order valence-corrected chi connectivity index (χ1v) is 9.40. The molecule has 1 aliphatic heterocycles. The average Bonchev–Trinajstić information content (AvgIpc) is 2.95. The number of hydrogen-bond donors (Lipinski definition) is 1. The number of furan rings is 1. The molecule has 1 amide bonds. The zero-order chi connectivity index (χ0) is 18.1. The van der Waals surface area contributed by atoms with E-state index in [0.717, 1.165) is 42.5 Å². The van der Waals surface area contributed by atoms with Crippen LogP contribution in [0.2, 0.25) is 0 Å². The van der Waals surface area contributed by atoms with Gasteiger partial charge in [-0.15, -0.1) is 12.4 Å². The maximum Gasteiger partial charge on any atom is 0.227 e. The van der Waals surface area contributed by atoms with E-state index in [0.29, 0.717) is 18.3 Å². The van der Waals surface area contributed by atoms with Crippen LogP contribution >= 0.6 is 12.4 Å². The highest BCUT2D eigenvalue weighted by molar-refractivity contribution is 5.88. The van der Waals surface area contributed by atoms with Crippen LogP contribution in [-0.4, -0.2) is 29.9 Å². The Morgan fingerprint density at radius 3 is 2.73 bits per heavy atom. The van der Waals surface area contributed by atoms with E-state index in [1.54, 1.807) is 6.26 Å². The number of carbonyl (C=O) groups is 1. The second-order valence-electron chi connectivity index (χ2n) is 7.90. The van der Waals surface area contributed by atoms with Crippen molar-refractivity contribution in [2.75, 3.05) is 13.1 Å². The molecular weight excluding hydrogens is 348 g/mol. The summed E-state index contributed by atoms with van der Waals surface area (Å²) in [5.74, 6) is 1.05. The molecule has 3 rings (SSSR count). The number of amides is 1. The van der Waals surface area contributed by atoms with Gasteiger partial charge in [0, 0.05) is 30.1 Å². The molecule has 1 fully saturated rings. The molecule has 26 heavy (non-hydrogen) atoms. The molecule has 1 aromatic heterocycles. The normalized spacial score (nSPS) is 18.8. The lowest BCUT2D eigenvalue weighted by molar-refractivity contribution is -0.132. The molecule has 1 aliphatic rings. The Balaban J connectivity index is 0.00000243. The van der Waals surface area contributed by atoms with Gasteiger partial charge in [0.25, 0.3) is 0 Å². The van der Waals surface area contributed by atoms with E-state index in [4.69, 9.17) is 10.2 Å². The number of rotatable bonds is 4. The Hall–Kier alpha value is -1.52. The van der Waals surface area contributed by atoms with Crippen molar-refractivity contribution in [1.29, 1.82) is 0 Å². The highest BCUT2D eigenvalue weighted by Crippen LogP contribution is 2.29. The maximum absolute atomic E-state index is 12.8. The lowest BCUT2D eigenvalue weighted by Gasteiger charge is -2.34. The molecule has 5 heteroatoms. The Labute approximate surface area is 162 Å². The molecule has 0 spiro atoms. The number of likely N-dealkylation sites (tertiary alicyclic amines) is 1. The predicted molar refractivity (Wildman–Crippen MR) is 109 cm³/mol. The van der Waals surface area contributed by atoms with Crippen molar-refractivity contribution >= 4 is 29.3 Å². The Morgan fingerprint density at radius 1 is 1.35 bits per heavy atom. The Morgan fingerprint density at radius 2 is 2.08 bits per heavy atom. The summed E-state index contributed by atoms with van der Waals surface area (Å²) in [6.07, 6.45) is 4.31. The van der Waals surface area contributed by atoms with E-state index in [1.165, 1.54) is 11.1 Å². The van der Waals surface area contributed by atoms with Gasteiger partial charge in [-0.05, 0) is 61.8 Å². The summed E-state index contributed by atoms with van der Waals surface area (Å²) in [6.45, 7) is 10.2. The van der Waals surface area contributed by atoms with Crippen molar-refractivity contribution in [3.8, 4) is 0 Å². The summed E-state index contributed by atoms with van der Waals surface area (Å²) < 4.78 is 5.72. The second kappa shape index (κ2) is 8.45. The van der Waals surface area contributed by atoms with Gasteiger partial charge >= 0.3 is 0 Å². The minimum absolute atomic E-state index is 0. The number of hydrogen-bond acceptors (Lipinski definition) is 3. The fraction of sp³-hybridized carbons (Fsp3) is 0.571. The molecule has 2 N–H and O–H groups in total. The number of aryl methyl sites for hydroxylation is 1. The van der Waals surface area contributed by atoms with Crippen molar-refractivity contribution in [3.63, 3.8) is 0 Å². The van der Waals surface area contributed by atoms with Gasteiger partial charge in [-0.3, -0.25) is 4.79 Å². The minimum Gasteiger partial charge on any atom is -0.464 e. The largest absolute Gasteiger partial charge is 0.464 e. The molecular formula is C21H31ClN2O2. The molecule has 2 aromatic rings. The van der Waals surface area contributed by atoms with Crippen LogP contribution in [0.25, 0.3) is 11.0 Å². The van der Waals surface area contributed by atoms with Gasteiger partial charge < -0.3 is 15.1 Å². The molecule has 0 aliphatic carbocycles. The van der Waals surface area contributed by atoms with Crippen LogP contribution < -0.4 is 5.73 Å². The third-order valence-electron chi connectivity index (χ3n) is 5.56. The van der Waals surface area contributed by atoms with E-state index in [2.05, 4.69) is 32.9 Å². The number of nitrogens with two attached hydrogens (primary N) is 1. The van der Waals surface area contributed by atoms with Crippen molar-refractivity contribution in [2.45, 2.75) is 58.9 Å². The molecule has 1 aromatic carbocycles. The quantitative estimate of drug-likeness (QED) is 0.856. The van der Waals surface area contributed by atoms with E-state index >= 15 is 0 Å². The third-order valence-corrected chi connectivity index (χ3v) is 5.56. The Kier molecular flexibility index (Phi) is 6.75. The van der Waals surface area contributed by atoms with Crippen LogP contribution in [-0.2, 0) is 11.2 Å². The molecule has 0 saturated carbocycles. The van der Waals surface area contributed by atoms with Crippen molar-refractivity contribution in [3.05, 3.63) is 35.1 Å². The monoisotopic (exact) mass is 378 g/mol. The molecule has 0 bridgehead atoms. The van der Waals surface area contributed by atoms with Gasteiger partial charge in [0.2, 0.25) is 5.91 Å². The zero-order valence-electron chi connectivity index (χ0n) is 16.2. The van der Waals surface area contributed by atoms with Crippen LogP contribution in [0.1, 0.15) is 56.2 Å². The highest BCUT2D eigenvalue weighted by atomic mass is 35.5. The summed E-state index contributed by atoms with van der Waals surface area (Å²) in [6, 6.07) is 4.43. The van der Waals surface area contributed by atoms with Gasteiger partial charge in [-0.1, -0.05) is 13.8 Å². The van der Waals surface area contributed by atoms with Crippen LogP contribution in [0.3, 0.4) is 0 Å². The summed E-state index contributed by atoms with van der Waals surface area (Å²) in [4.78, 5) is 14.8. The lowest BCUT2D eigenvalue weighted by Crippen LogP contribution is -2.45. The highest BCUT2D eigenvalue weighted by Gasteiger charge is 2.26. The lowest BCUT2D eigenvalue weighted by atomic mass is 9.91. The molecule has 2 heterocycles. The smallest absolute Gasteiger partial charge is 0.227 e. The van der Waals surface area contributed by atoms with E-state index in [9.17, 15) is 4.79 Å². The average molecular weight is 379 g/mol. The summed E-state index contributed by atoms with van der Waals surface area (Å²) >= 11 is 0. The topological polar surface area (TPSA) is 59.5 Å². The second-order valence-corrected chi connectivity index (χ2v) is 7.90. The van der Waals surface area contributed by atoms with Crippen LogP contribution in [0, 0.1) is 12.8 Å². The number of fused-ring (bicyclic) bond motifs is 1. The molecule has 0 radical (unpaired) electrons. The van der Waals surface area contributed by atoms with Crippen molar-refractivity contribution in [2.24, 2.45) is 11.7 Å². The zero-order valence-corrected chi connectivity index (χ0v) is 17.1. The molecule has 1 saturated heterocycles. The summed E-state index contributed by atoms with van der Waals surface area (Å²) in [5.41, 5.74) is 10.5. The van der Waals surface area contributed by atoms with Crippen LogP contribution in [0.15, 0.2) is 22.8 Å². The molecule has 2 unspecified atom stereocenters. The van der Waals surface area contributed by atoms with Crippen LogP contribution in [0.4, 0.5) is 0 Å². The van der Waals surface area contributed by atoms with Gasteiger partial charge in [0.05, 0.1) is 12.7 Å². The Bertz CT molecular complexity index is 767. The minimum atomic E-state index is 0. The van der Waals surface area contributed by atoms with Crippen LogP contribution in [0.5, 0.6) is 0 Å². The molecule has 2 atom stereocenters. The van der Waals surface area contributed by atoms with Gasteiger partial charge in [-0.25, -0.2) is 0 Å². The van der Waals surface area contributed by atoms with E-state index < -0.39 is 0 Å². The first-order chi connectivity index (χ1) is 11.9. The SMILES string of the molecule is Cc1cc2occ(CC(=O)N3CCCC(C(C)N)C3)c2cc1C(C)C.Cl. The maximum atomic E-state index is 12.8. The fourth-order valence-electron chi connectivity index (χ4n) is 3.94. The number of benzene rings is 1. The summed E-state index contributed by atoms with van der Waals surface area (Å²) in [5, 5.41) is 1.07. The molecule has 4 nitrogen and oxygen atoms in total. The number of piperidine rings is 1. The van der Waals surface area contributed by atoms with Gasteiger partial charge in [0.1, 0.15) is 5.58 Å². The van der Waals surface area contributed by atoms with Gasteiger partial charge in [0.15, 0.2) is 0 Å². The van der Waals surface area contributed by atoms with Crippen molar-refractivity contribution < 1.29 is 9.21 Å². The van der Waals surface area contributed by atoms with Gasteiger partial charge in [-0.2, -0.15) is 0 Å². The van der Waals surface area contributed by atoms with E-state index in [1.807, 2.05) is 11.8 Å². The standard InChI is InChI=1S/C21H30N2O2.ClH/c1-13(2)18-10-19-17(12-25-20(19)8-14(18)3)9-21(24)23-7-5-6-16(11-23)15(4)22;/h8,10,12-13,15-16H,5-7,9,11,22H2,1-4H3;1H. The number of halogens is 1. The number of carbonyl (C=O) groups excluding carboxylic acids is 1.